The Morgan fingerprint density at radius 3 is 2.61 bits per heavy atom. The maximum atomic E-state index is 14.0. The Balaban J connectivity index is 1.33. The van der Waals surface area contributed by atoms with Crippen LogP contribution in [-0.2, 0) is 23.9 Å². The van der Waals surface area contributed by atoms with Crippen LogP contribution in [0.5, 0.6) is 0 Å². The van der Waals surface area contributed by atoms with Crippen molar-refractivity contribution in [2.75, 3.05) is 23.7 Å². The van der Waals surface area contributed by atoms with E-state index in [0.717, 1.165) is 17.2 Å². The maximum Gasteiger partial charge on any atom is 0.419 e. The van der Waals surface area contributed by atoms with Crippen LogP contribution < -0.4 is 16.0 Å². The SMILES string of the molecule is O=C(NCCC(=O)N1CCc2c(cccc2Nc2ccc(C(F)(F)F)c(F)c2)C1)Nc1ccccn1. The smallest absolute Gasteiger partial charge is 0.355 e. The molecule has 0 saturated heterocycles. The highest BCUT2D eigenvalue weighted by Gasteiger charge is 2.34. The molecular formula is C25H23F4N5O2. The Morgan fingerprint density at radius 1 is 1.06 bits per heavy atom. The fourth-order valence-corrected chi connectivity index (χ4v) is 3.96. The fraction of sp³-hybridized carbons (Fsp3) is 0.240. The minimum atomic E-state index is -4.76. The van der Waals surface area contributed by atoms with Crippen molar-refractivity contribution in [2.45, 2.75) is 25.6 Å². The zero-order valence-electron chi connectivity index (χ0n) is 19.0. The first kappa shape index (κ1) is 25.0. The fourth-order valence-electron chi connectivity index (χ4n) is 3.96. The summed E-state index contributed by atoms with van der Waals surface area (Å²) in [5.41, 5.74) is 1.32. The number of urea groups is 1. The number of anilines is 3. The highest BCUT2D eigenvalue weighted by Crippen LogP contribution is 2.34. The molecule has 2 heterocycles. The second-order valence-corrected chi connectivity index (χ2v) is 8.17. The first-order valence-corrected chi connectivity index (χ1v) is 11.2. The number of hydrogen-bond acceptors (Lipinski definition) is 4. The van der Waals surface area contributed by atoms with Crippen molar-refractivity contribution in [2.24, 2.45) is 0 Å². The molecule has 4 rings (SSSR count). The second-order valence-electron chi connectivity index (χ2n) is 8.17. The summed E-state index contributed by atoms with van der Waals surface area (Å²) >= 11 is 0. The van der Waals surface area contributed by atoms with Gasteiger partial charge in [0.25, 0.3) is 0 Å². The van der Waals surface area contributed by atoms with Gasteiger partial charge in [-0.05, 0) is 53.9 Å². The lowest BCUT2D eigenvalue weighted by atomic mass is 9.97. The summed E-state index contributed by atoms with van der Waals surface area (Å²) < 4.78 is 52.4. The standard InChI is InChI=1S/C25H23F4N5O2/c26-20-14-17(7-8-19(20)25(27,28)29)32-21-5-3-4-16-15-34(13-10-18(16)21)23(35)9-12-31-24(36)33-22-6-1-2-11-30-22/h1-8,11,14,32H,9-10,12-13,15H2,(H2,30,31,33,36). The third kappa shape index (κ3) is 6.09. The normalized spacial score (nSPS) is 13.1. The quantitative estimate of drug-likeness (QED) is 0.411. The number of hydrogen-bond donors (Lipinski definition) is 3. The Bertz CT molecular complexity index is 1250. The molecule has 11 heteroatoms. The Hall–Kier alpha value is -4.15. The molecular weight excluding hydrogens is 478 g/mol. The lowest BCUT2D eigenvalue weighted by Gasteiger charge is -2.30. The number of alkyl halides is 3. The lowest BCUT2D eigenvalue weighted by Crippen LogP contribution is -2.38. The molecule has 0 radical (unpaired) electrons. The molecule has 3 aromatic rings. The highest BCUT2D eigenvalue weighted by atomic mass is 19.4. The Labute approximate surface area is 204 Å². The summed E-state index contributed by atoms with van der Waals surface area (Å²) in [6.45, 7) is 0.944. The number of aromatic nitrogens is 1. The van der Waals surface area contributed by atoms with Gasteiger partial charge >= 0.3 is 12.2 Å². The van der Waals surface area contributed by atoms with Gasteiger partial charge in [-0.15, -0.1) is 0 Å². The molecule has 36 heavy (non-hydrogen) atoms. The molecule has 1 aliphatic rings. The van der Waals surface area contributed by atoms with E-state index in [4.69, 9.17) is 0 Å². The molecule has 0 saturated carbocycles. The summed E-state index contributed by atoms with van der Waals surface area (Å²) in [6.07, 6.45) is -2.58. The molecule has 3 N–H and O–H groups in total. The van der Waals surface area contributed by atoms with Crippen LogP contribution in [0, 0.1) is 5.82 Å². The maximum absolute atomic E-state index is 14.0. The largest absolute Gasteiger partial charge is 0.419 e. The van der Waals surface area contributed by atoms with Gasteiger partial charge in [0.2, 0.25) is 5.91 Å². The minimum Gasteiger partial charge on any atom is -0.355 e. The van der Waals surface area contributed by atoms with Crippen LogP contribution in [0.2, 0.25) is 0 Å². The van der Waals surface area contributed by atoms with Crippen LogP contribution in [0.15, 0.2) is 60.8 Å². The molecule has 188 valence electrons. The number of benzene rings is 2. The average Bonchev–Trinajstić information content (AvgIpc) is 2.83. The van der Waals surface area contributed by atoms with Crippen molar-refractivity contribution in [3.05, 3.63) is 83.3 Å². The van der Waals surface area contributed by atoms with E-state index in [-0.39, 0.29) is 24.6 Å². The number of nitrogens with one attached hydrogen (secondary N) is 3. The average molecular weight is 501 g/mol. The van der Waals surface area contributed by atoms with Gasteiger partial charge in [0, 0.05) is 43.6 Å². The molecule has 0 spiro atoms. The number of carbonyl (C=O) groups excluding carboxylic acids is 2. The number of carbonyl (C=O) groups is 2. The highest BCUT2D eigenvalue weighted by molar-refractivity contribution is 5.88. The van der Waals surface area contributed by atoms with Crippen molar-refractivity contribution >= 4 is 29.1 Å². The third-order valence-electron chi connectivity index (χ3n) is 5.70. The molecule has 1 aromatic heterocycles. The van der Waals surface area contributed by atoms with Gasteiger partial charge < -0.3 is 15.5 Å². The van der Waals surface area contributed by atoms with Crippen molar-refractivity contribution < 1.29 is 27.2 Å². The van der Waals surface area contributed by atoms with Gasteiger partial charge in [0.15, 0.2) is 0 Å². The molecule has 3 amide bonds. The summed E-state index contributed by atoms with van der Waals surface area (Å²) in [5, 5.41) is 8.19. The lowest BCUT2D eigenvalue weighted by molar-refractivity contribution is -0.140. The predicted octanol–water partition coefficient (Wildman–Crippen LogP) is 5.08. The topological polar surface area (TPSA) is 86.4 Å². The predicted molar refractivity (Wildman–Crippen MR) is 126 cm³/mol. The summed E-state index contributed by atoms with van der Waals surface area (Å²) in [7, 11) is 0. The first-order valence-electron chi connectivity index (χ1n) is 11.2. The zero-order chi connectivity index (χ0) is 25.7. The summed E-state index contributed by atoms with van der Waals surface area (Å²) in [4.78, 5) is 30.3. The van der Waals surface area contributed by atoms with E-state index in [1.807, 2.05) is 6.07 Å². The van der Waals surface area contributed by atoms with Crippen molar-refractivity contribution in [3.63, 3.8) is 0 Å². The molecule has 0 atom stereocenters. The molecule has 0 aliphatic carbocycles. The van der Waals surface area contributed by atoms with E-state index < -0.39 is 23.6 Å². The minimum absolute atomic E-state index is 0.119. The van der Waals surface area contributed by atoms with E-state index in [1.165, 1.54) is 6.07 Å². The number of halogens is 4. The van der Waals surface area contributed by atoms with Crippen LogP contribution >= 0.6 is 0 Å². The van der Waals surface area contributed by atoms with E-state index in [9.17, 15) is 27.2 Å². The Morgan fingerprint density at radius 2 is 1.89 bits per heavy atom. The second kappa shape index (κ2) is 10.6. The van der Waals surface area contributed by atoms with E-state index >= 15 is 0 Å². The van der Waals surface area contributed by atoms with Crippen LogP contribution in [0.1, 0.15) is 23.1 Å². The molecule has 2 aromatic carbocycles. The van der Waals surface area contributed by atoms with E-state index in [0.29, 0.717) is 37.1 Å². The number of amides is 3. The van der Waals surface area contributed by atoms with Gasteiger partial charge in [-0.25, -0.2) is 14.2 Å². The van der Waals surface area contributed by atoms with Crippen LogP contribution in [0.25, 0.3) is 0 Å². The summed E-state index contributed by atoms with van der Waals surface area (Å²) in [6, 6.07) is 12.8. The number of fused-ring (bicyclic) bond motifs is 1. The first-order chi connectivity index (χ1) is 17.2. The van der Waals surface area contributed by atoms with Crippen molar-refractivity contribution in [1.82, 2.24) is 15.2 Å². The zero-order valence-corrected chi connectivity index (χ0v) is 19.0. The monoisotopic (exact) mass is 501 g/mol. The summed E-state index contributed by atoms with van der Waals surface area (Å²) in [5.74, 6) is -1.07. The molecule has 0 bridgehead atoms. The molecule has 7 nitrogen and oxygen atoms in total. The number of pyridine rings is 1. The molecule has 0 unspecified atom stereocenters. The van der Waals surface area contributed by atoms with Gasteiger partial charge in [-0.1, -0.05) is 18.2 Å². The van der Waals surface area contributed by atoms with Crippen LogP contribution in [0.3, 0.4) is 0 Å². The number of nitrogens with zero attached hydrogens (tertiary/aromatic N) is 2. The van der Waals surface area contributed by atoms with E-state index in [2.05, 4.69) is 20.9 Å². The van der Waals surface area contributed by atoms with Crippen LogP contribution in [-0.4, -0.2) is 34.9 Å². The van der Waals surface area contributed by atoms with Gasteiger partial charge in [-0.3, -0.25) is 10.1 Å². The van der Waals surface area contributed by atoms with Gasteiger partial charge in [-0.2, -0.15) is 13.2 Å². The molecule has 1 aliphatic heterocycles. The third-order valence-corrected chi connectivity index (χ3v) is 5.70. The molecule has 0 fully saturated rings. The van der Waals surface area contributed by atoms with Crippen molar-refractivity contribution in [1.29, 1.82) is 0 Å². The number of rotatable bonds is 6. The van der Waals surface area contributed by atoms with Crippen LogP contribution in [0.4, 0.5) is 39.5 Å². The van der Waals surface area contributed by atoms with E-state index in [1.54, 1.807) is 41.4 Å². The van der Waals surface area contributed by atoms with Gasteiger partial charge in [0.1, 0.15) is 11.6 Å². The Kier molecular flexibility index (Phi) is 7.37. The van der Waals surface area contributed by atoms with Gasteiger partial charge in [0.05, 0.1) is 5.56 Å². The van der Waals surface area contributed by atoms with Crippen molar-refractivity contribution in [3.8, 4) is 0 Å².